The van der Waals surface area contributed by atoms with Gasteiger partial charge in [-0.25, -0.2) is 0 Å². The zero-order valence-corrected chi connectivity index (χ0v) is 13.1. The van der Waals surface area contributed by atoms with E-state index in [1.807, 2.05) is 38.1 Å². The topological polar surface area (TPSA) is 41.5 Å². The van der Waals surface area contributed by atoms with E-state index in [1.165, 1.54) is 0 Å². The second-order valence-corrected chi connectivity index (χ2v) is 5.65. The Hall–Kier alpha value is -2.00. The number of nitrogens with one attached hydrogen (secondary N) is 1. The fourth-order valence-electron chi connectivity index (χ4n) is 2.16. The standard InChI is InChI=1S/C18H23NO2/c1-12(2)19-11-15-10-16(8-9-17(15)20)21-18-13(3)6-5-7-14(18)4/h5-10,12,19-20H,11H2,1-4H3. The van der Waals surface area contributed by atoms with Gasteiger partial charge in [-0.3, -0.25) is 0 Å². The first-order valence-electron chi connectivity index (χ1n) is 7.26. The summed E-state index contributed by atoms with van der Waals surface area (Å²) < 4.78 is 6.00. The van der Waals surface area contributed by atoms with Gasteiger partial charge in [-0.2, -0.15) is 0 Å². The van der Waals surface area contributed by atoms with E-state index in [0.29, 0.717) is 12.6 Å². The van der Waals surface area contributed by atoms with E-state index < -0.39 is 0 Å². The van der Waals surface area contributed by atoms with Crippen LogP contribution in [0, 0.1) is 13.8 Å². The van der Waals surface area contributed by atoms with Crippen molar-refractivity contribution in [2.45, 2.75) is 40.3 Å². The summed E-state index contributed by atoms with van der Waals surface area (Å²) in [5.41, 5.74) is 3.04. The van der Waals surface area contributed by atoms with Crippen LogP contribution in [0.4, 0.5) is 0 Å². The molecular weight excluding hydrogens is 262 g/mol. The lowest BCUT2D eigenvalue weighted by molar-refractivity contribution is 0.450. The Kier molecular flexibility index (Phi) is 4.86. The van der Waals surface area contributed by atoms with Gasteiger partial charge in [0.1, 0.15) is 17.2 Å². The highest BCUT2D eigenvalue weighted by atomic mass is 16.5. The highest BCUT2D eigenvalue weighted by Crippen LogP contribution is 2.31. The minimum atomic E-state index is 0.289. The highest BCUT2D eigenvalue weighted by molar-refractivity contribution is 5.45. The molecule has 0 unspecified atom stereocenters. The number of rotatable bonds is 5. The first-order chi connectivity index (χ1) is 9.97. The van der Waals surface area contributed by atoms with Gasteiger partial charge in [0.15, 0.2) is 0 Å². The van der Waals surface area contributed by atoms with Crippen LogP contribution in [0.15, 0.2) is 36.4 Å². The van der Waals surface area contributed by atoms with E-state index >= 15 is 0 Å². The summed E-state index contributed by atoms with van der Waals surface area (Å²) in [6, 6.07) is 11.8. The average Bonchev–Trinajstić information content (AvgIpc) is 2.43. The molecule has 2 aromatic carbocycles. The van der Waals surface area contributed by atoms with Crippen LogP contribution >= 0.6 is 0 Å². The molecule has 0 aliphatic rings. The van der Waals surface area contributed by atoms with Gasteiger partial charge in [-0.1, -0.05) is 32.0 Å². The van der Waals surface area contributed by atoms with Gasteiger partial charge in [0.25, 0.3) is 0 Å². The van der Waals surface area contributed by atoms with Crippen LogP contribution in [0.5, 0.6) is 17.2 Å². The molecule has 0 heterocycles. The molecule has 112 valence electrons. The number of hydrogen-bond acceptors (Lipinski definition) is 3. The molecule has 2 N–H and O–H groups in total. The molecule has 0 aliphatic carbocycles. The van der Waals surface area contributed by atoms with Crippen LogP contribution in [-0.4, -0.2) is 11.1 Å². The number of aromatic hydroxyl groups is 1. The van der Waals surface area contributed by atoms with Crippen molar-refractivity contribution in [2.75, 3.05) is 0 Å². The highest BCUT2D eigenvalue weighted by Gasteiger charge is 2.08. The Labute approximate surface area is 126 Å². The first kappa shape index (κ1) is 15.4. The number of hydrogen-bond donors (Lipinski definition) is 2. The fraction of sp³-hybridized carbons (Fsp3) is 0.333. The van der Waals surface area contributed by atoms with Crippen molar-refractivity contribution < 1.29 is 9.84 Å². The quantitative estimate of drug-likeness (QED) is 0.860. The van der Waals surface area contributed by atoms with Crippen molar-refractivity contribution in [3.8, 4) is 17.2 Å². The van der Waals surface area contributed by atoms with E-state index in [9.17, 15) is 5.11 Å². The summed E-state index contributed by atoms with van der Waals surface area (Å²) in [7, 11) is 0. The molecule has 0 atom stereocenters. The molecular formula is C18H23NO2. The van der Waals surface area contributed by atoms with Crippen LogP contribution in [0.1, 0.15) is 30.5 Å². The number of aryl methyl sites for hydroxylation is 2. The molecule has 0 amide bonds. The van der Waals surface area contributed by atoms with E-state index in [0.717, 1.165) is 28.2 Å². The third-order valence-electron chi connectivity index (χ3n) is 3.38. The first-order valence-corrected chi connectivity index (χ1v) is 7.26. The molecule has 3 heteroatoms. The van der Waals surface area contributed by atoms with E-state index in [-0.39, 0.29) is 5.75 Å². The van der Waals surface area contributed by atoms with Crippen molar-refractivity contribution in [3.05, 3.63) is 53.1 Å². The second kappa shape index (κ2) is 6.64. The monoisotopic (exact) mass is 285 g/mol. The summed E-state index contributed by atoms with van der Waals surface area (Å²) in [5, 5.41) is 13.2. The Morgan fingerprint density at radius 1 is 1.10 bits per heavy atom. The third-order valence-corrected chi connectivity index (χ3v) is 3.38. The number of phenols is 1. The SMILES string of the molecule is Cc1cccc(C)c1Oc1ccc(O)c(CNC(C)C)c1. The van der Waals surface area contributed by atoms with Crippen molar-refractivity contribution >= 4 is 0 Å². The molecule has 0 saturated heterocycles. The Balaban J connectivity index is 2.23. The molecule has 0 fully saturated rings. The van der Waals surface area contributed by atoms with Gasteiger partial charge in [-0.05, 0) is 43.2 Å². The molecule has 21 heavy (non-hydrogen) atoms. The lowest BCUT2D eigenvalue weighted by Gasteiger charge is -2.14. The molecule has 0 radical (unpaired) electrons. The van der Waals surface area contributed by atoms with Crippen molar-refractivity contribution in [3.63, 3.8) is 0 Å². The smallest absolute Gasteiger partial charge is 0.133 e. The molecule has 0 bridgehead atoms. The Morgan fingerprint density at radius 3 is 2.38 bits per heavy atom. The minimum Gasteiger partial charge on any atom is -0.508 e. The summed E-state index contributed by atoms with van der Waals surface area (Å²) >= 11 is 0. The van der Waals surface area contributed by atoms with Crippen molar-refractivity contribution in [1.82, 2.24) is 5.32 Å². The molecule has 2 rings (SSSR count). The molecule has 0 aliphatic heterocycles. The largest absolute Gasteiger partial charge is 0.508 e. The second-order valence-electron chi connectivity index (χ2n) is 5.65. The fourth-order valence-corrected chi connectivity index (χ4v) is 2.16. The van der Waals surface area contributed by atoms with Gasteiger partial charge in [0.2, 0.25) is 0 Å². The van der Waals surface area contributed by atoms with E-state index in [2.05, 4.69) is 19.2 Å². The maximum absolute atomic E-state index is 9.93. The van der Waals surface area contributed by atoms with Crippen LogP contribution < -0.4 is 10.1 Å². The van der Waals surface area contributed by atoms with Crippen LogP contribution in [0.2, 0.25) is 0 Å². The van der Waals surface area contributed by atoms with Gasteiger partial charge >= 0.3 is 0 Å². The van der Waals surface area contributed by atoms with Crippen molar-refractivity contribution in [1.29, 1.82) is 0 Å². The Morgan fingerprint density at radius 2 is 1.76 bits per heavy atom. The number of phenolic OH excluding ortho intramolecular Hbond substituents is 1. The van der Waals surface area contributed by atoms with Crippen LogP contribution in [0.25, 0.3) is 0 Å². The normalized spacial score (nSPS) is 10.9. The average molecular weight is 285 g/mol. The summed E-state index contributed by atoms with van der Waals surface area (Å²) in [6.07, 6.45) is 0. The molecule has 0 saturated carbocycles. The zero-order chi connectivity index (χ0) is 15.4. The van der Waals surface area contributed by atoms with Crippen LogP contribution in [-0.2, 0) is 6.54 Å². The maximum atomic E-state index is 9.93. The summed E-state index contributed by atoms with van der Waals surface area (Å²) in [5.74, 6) is 1.91. The zero-order valence-electron chi connectivity index (χ0n) is 13.1. The van der Waals surface area contributed by atoms with Gasteiger partial charge < -0.3 is 15.2 Å². The maximum Gasteiger partial charge on any atom is 0.133 e. The summed E-state index contributed by atoms with van der Waals surface area (Å²) in [6.45, 7) is 8.84. The minimum absolute atomic E-state index is 0.289. The number of ether oxygens (including phenoxy) is 1. The molecule has 2 aromatic rings. The molecule has 3 nitrogen and oxygen atoms in total. The third kappa shape index (κ3) is 3.99. The Bertz CT molecular complexity index is 600. The van der Waals surface area contributed by atoms with Gasteiger partial charge in [0.05, 0.1) is 0 Å². The predicted octanol–water partition coefficient (Wildman–Crippen LogP) is 4.30. The number of para-hydroxylation sites is 1. The van der Waals surface area contributed by atoms with Gasteiger partial charge in [0, 0.05) is 18.2 Å². The van der Waals surface area contributed by atoms with E-state index in [1.54, 1.807) is 12.1 Å². The molecule has 0 spiro atoms. The summed E-state index contributed by atoms with van der Waals surface area (Å²) in [4.78, 5) is 0. The molecule has 0 aromatic heterocycles. The lowest BCUT2D eigenvalue weighted by Crippen LogP contribution is -2.21. The number of benzene rings is 2. The van der Waals surface area contributed by atoms with E-state index in [4.69, 9.17) is 4.74 Å². The van der Waals surface area contributed by atoms with Crippen molar-refractivity contribution in [2.24, 2.45) is 0 Å². The van der Waals surface area contributed by atoms with Gasteiger partial charge in [-0.15, -0.1) is 0 Å². The van der Waals surface area contributed by atoms with Crippen LogP contribution in [0.3, 0.4) is 0 Å². The lowest BCUT2D eigenvalue weighted by atomic mass is 10.1. The predicted molar refractivity (Wildman–Crippen MR) is 86.1 cm³/mol.